The monoisotopic (exact) mass is 429 g/mol. The van der Waals surface area contributed by atoms with E-state index in [1.54, 1.807) is 0 Å². The van der Waals surface area contributed by atoms with Crippen molar-refractivity contribution in [3.8, 4) is 11.5 Å². The Hall–Kier alpha value is -2.52. The Balaban J connectivity index is 1.37. The van der Waals surface area contributed by atoms with Crippen molar-refractivity contribution in [2.75, 3.05) is 26.2 Å². The molecule has 2 aliphatic carbocycles. The molecule has 3 heteroatoms. The fraction of sp³-hybridized carbons (Fsp3) is 0.448. The largest absolute Gasteiger partial charge is 0.508 e. The van der Waals surface area contributed by atoms with E-state index in [0.29, 0.717) is 23.5 Å². The first kappa shape index (κ1) is 21.3. The van der Waals surface area contributed by atoms with Crippen molar-refractivity contribution in [3.05, 3.63) is 83.0 Å². The molecule has 2 aromatic carbocycles. The van der Waals surface area contributed by atoms with Crippen molar-refractivity contribution >= 4 is 0 Å². The summed E-state index contributed by atoms with van der Waals surface area (Å²) >= 11 is 0. The van der Waals surface area contributed by atoms with Crippen LogP contribution >= 0.6 is 0 Å². The van der Waals surface area contributed by atoms with Gasteiger partial charge in [0.1, 0.15) is 18.1 Å². The number of allylic oxidation sites excluding steroid dienone is 4. The van der Waals surface area contributed by atoms with Crippen LogP contribution in [0.2, 0.25) is 0 Å². The number of likely N-dealkylation sites (tertiary alicyclic amines) is 1. The lowest BCUT2D eigenvalue weighted by Crippen LogP contribution is -2.25. The maximum absolute atomic E-state index is 10.0. The molecular formula is C29H35NO2. The van der Waals surface area contributed by atoms with Crippen molar-refractivity contribution in [2.24, 2.45) is 11.8 Å². The molecule has 1 N–H and O–H groups in total. The van der Waals surface area contributed by atoms with Gasteiger partial charge in [-0.1, -0.05) is 43.4 Å². The molecule has 0 spiro atoms. The van der Waals surface area contributed by atoms with E-state index < -0.39 is 0 Å². The zero-order valence-electron chi connectivity index (χ0n) is 19.2. The predicted octanol–water partition coefficient (Wildman–Crippen LogP) is 6.08. The Morgan fingerprint density at radius 3 is 2.62 bits per heavy atom. The molecule has 3 aliphatic rings. The van der Waals surface area contributed by atoms with Gasteiger partial charge in [0.25, 0.3) is 0 Å². The highest BCUT2D eigenvalue weighted by atomic mass is 16.5. The normalized spacial score (nSPS) is 25.4. The lowest BCUT2D eigenvalue weighted by molar-refractivity contribution is 0.237. The van der Waals surface area contributed by atoms with Crippen molar-refractivity contribution in [2.45, 2.75) is 44.9 Å². The summed E-state index contributed by atoms with van der Waals surface area (Å²) in [5.74, 6) is 2.73. The summed E-state index contributed by atoms with van der Waals surface area (Å²) in [6.45, 7) is 6.47. The van der Waals surface area contributed by atoms with Crippen LogP contribution in [0.3, 0.4) is 0 Å². The van der Waals surface area contributed by atoms with Crippen LogP contribution in [0.5, 0.6) is 11.5 Å². The van der Waals surface area contributed by atoms with Gasteiger partial charge >= 0.3 is 0 Å². The number of phenols is 1. The van der Waals surface area contributed by atoms with Crippen LogP contribution in [0.4, 0.5) is 0 Å². The van der Waals surface area contributed by atoms with Crippen LogP contribution in [0.15, 0.2) is 66.3 Å². The third kappa shape index (κ3) is 4.63. The number of phenolic OH excluding ortho intramolecular Hbond substituents is 1. The molecular weight excluding hydrogens is 394 g/mol. The second kappa shape index (κ2) is 9.54. The summed E-state index contributed by atoms with van der Waals surface area (Å²) < 4.78 is 6.05. The van der Waals surface area contributed by atoms with Gasteiger partial charge in [0.05, 0.1) is 0 Å². The highest BCUT2D eigenvalue weighted by Gasteiger charge is 2.33. The van der Waals surface area contributed by atoms with E-state index in [9.17, 15) is 5.11 Å². The zero-order chi connectivity index (χ0) is 21.9. The van der Waals surface area contributed by atoms with Crippen LogP contribution in [0, 0.1) is 11.8 Å². The lowest BCUT2D eigenvalue weighted by Gasteiger charge is -2.36. The number of fused-ring (bicyclic) bond motifs is 1. The van der Waals surface area contributed by atoms with Crippen LogP contribution < -0.4 is 4.74 Å². The standard InChI is InChI=1S/C29H35NO2/c1-21-4-6-22(7-5-21)27-14-10-24-20-25(31)11-15-28(24)29(27)23-8-12-26(13-9-23)32-19-18-30-16-2-3-17-30/h4,6-9,11-13,15,20-21,27,29,31H,2-3,5,10,14,16-19H2,1H3/t21?,27-,29+/m1/s1. The molecule has 1 fully saturated rings. The summed E-state index contributed by atoms with van der Waals surface area (Å²) in [5.41, 5.74) is 5.44. The molecule has 3 nitrogen and oxygen atoms in total. The molecule has 168 valence electrons. The Morgan fingerprint density at radius 1 is 1.06 bits per heavy atom. The van der Waals surface area contributed by atoms with Crippen LogP contribution in [-0.4, -0.2) is 36.2 Å². The van der Waals surface area contributed by atoms with Crippen molar-refractivity contribution in [1.82, 2.24) is 4.90 Å². The molecule has 0 bridgehead atoms. The van der Waals surface area contributed by atoms with Gasteiger partial charge in [-0.3, -0.25) is 4.90 Å². The van der Waals surface area contributed by atoms with Gasteiger partial charge < -0.3 is 9.84 Å². The maximum Gasteiger partial charge on any atom is 0.119 e. The SMILES string of the molecule is CC1C=CC([C@H]2CCc3cc(O)ccc3[C@H]2c2ccc(OCCN3CCCC3)cc2)=CC1. The van der Waals surface area contributed by atoms with Gasteiger partial charge in [-0.25, -0.2) is 0 Å². The first-order valence-corrected chi connectivity index (χ1v) is 12.3. The fourth-order valence-corrected chi connectivity index (χ4v) is 5.67. The molecule has 5 rings (SSSR count). The minimum Gasteiger partial charge on any atom is -0.508 e. The maximum atomic E-state index is 10.0. The smallest absolute Gasteiger partial charge is 0.119 e. The van der Waals surface area contributed by atoms with Gasteiger partial charge in [0.15, 0.2) is 0 Å². The molecule has 2 aromatic rings. The number of aryl methyl sites for hydroxylation is 1. The number of aromatic hydroxyl groups is 1. The van der Waals surface area contributed by atoms with Crippen LogP contribution in [0.25, 0.3) is 0 Å². The van der Waals surface area contributed by atoms with Gasteiger partial charge in [-0.2, -0.15) is 0 Å². The first-order valence-electron chi connectivity index (χ1n) is 12.3. The molecule has 1 unspecified atom stereocenters. The van der Waals surface area contributed by atoms with E-state index in [2.05, 4.69) is 60.4 Å². The Labute approximate surface area is 192 Å². The van der Waals surface area contributed by atoms with Crippen molar-refractivity contribution < 1.29 is 9.84 Å². The number of hydrogen-bond acceptors (Lipinski definition) is 3. The molecule has 1 aliphatic heterocycles. The molecule has 0 amide bonds. The molecule has 1 heterocycles. The van der Waals surface area contributed by atoms with Crippen molar-refractivity contribution in [1.29, 1.82) is 0 Å². The summed E-state index contributed by atoms with van der Waals surface area (Å²) in [5, 5.41) is 10.0. The lowest BCUT2D eigenvalue weighted by atomic mass is 9.68. The Bertz CT molecular complexity index is 985. The predicted molar refractivity (Wildman–Crippen MR) is 130 cm³/mol. The van der Waals surface area contributed by atoms with Crippen LogP contribution in [0.1, 0.15) is 55.2 Å². The minimum atomic E-state index is 0.308. The number of nitrogens with zero attached hydrogens (tertiary/aromatic N) is 1. The van der Waals surface area contributed by atoms with E-state index in [4.69, 9.17) is 4.74 Å². The quantitative estimate of drug-likeness (QED) is 0.604. The molecule has 32 heavy (non-hydrogen) atoms. The van der Waals surface area contributed by atoms with E-state index in [1.807, 2.05) is 12.1 Å². The Kier molecular flexibility index (Phi) is 6.36. The third-order valence-electron chi connectivity index (χ3n) is 7.47. The van der Waals surface area contributed by atoms with Crippen molar-refractivity contribution in [3.63, 3.8) is 0 Å². The van der Waals surface area contributed by atoms with Gasteiger partial charge in [-0.05, 0) is 104 Å². The molecule has 0 radical (unpaired) electrons. The van der Waals surface area contributed by atoms with E-state index in [-0.39, 0.29) is 0 Å². The summed E-state index contributed by atoms with van der Waals surface area (Å²) in [6.07, 6.45) is 13.1. The molecule has 0 aromatic heterocycles. The minimum absolute atomic E-state index is 0.308. The third-order valence-corrected chi connectivity index (χ3v) is 7.47. The van der Waals surface area contributed by atoms with Crippen LogP contribution in [-0.2, 0) is 6.42 Å². The average molecular weight is 430 g/mol. The van der Waals surface area contributed by atoms with E-state index in [0.717, 1.165) is 38.2 Å². The average Bonchev–Trinajstić information content (AvgIpc) is 3.33. The summed E-state index contributed by atoms with van der Waals surface area (Å²) in [7, 11) is 0. The summed E-state index contributed by atoms with van der Waals surface area (Å²) in [6, 6.07) is 14.7. The van der Waals surface area contributed by atoms with E-state index in [1.165, 1.54) is 48.2 Å². The summed E-state index contributed by atoms with van der Waals surface area (Å²) in [4.78, 5) is 2.49. The topological polar surface area (TPSA) is 32.7 Å². The highest BCUT2D eigenvalue weighted by Crippen LogP contribution is 2.46. The fourth-order valence-electron chi connectivity index (χ4n) is 5.67. The van der Waals surface area contributed by atoms with Gasteiger partial charge in [-0.15, -0.1) is 0 Å². The van der Waals surface area contributed by atoms with Gasteiger partial charge in [0, 0.05) is 12.5 Å². The van der Waals surface area contributed by atoms with Gasteiger partial charge in [0.2, 0.25) is 0 Å². The molecule has 1 saturated heterocycles. The number of ether oxygens (including phenoxy) is 1. The molecule has 3 atom stereocenters. The number of hydrogen-bond donors (Lipinski definition) is 1. The second-order valence-electron chi connectivity index (χ2n) is 9.75. The second-order valence-corrected chi connectivity index (χ2v) is 9.75. The van der Waals surface area contributed by atoms with E-state index >= 15 is 0 Å². The number of benzene rings is 2. The highest BCUT2D eigenvalue weighted by molar-refractivity contribution is 5.48. The zero-order valence-corrected chi connectivity index (χ0v) is 19.2. The Morgan fingerprint density at radius 2 is 1.88 bits per heavy atom. The first-order chi connectivity index (χ1) is 15.7. The number of rotatable bonds is 6. The molecule has 0 saturated carbocycles.